The van der Waals surface area contributed by atoms with Crippen LogP contribution in [0.15, 0.2) is 18.2 Å². The maximum absolute atomic E-state index is 12.6. The Morgan fingerprint density at radius 1 is 1.08 bits per heavy atom. The second-order valence-electron chi connectivity index (χ2n) is 6.59. The number of ether oxygens (including phenoxy) is 1. The van der Waals surface area contributed by atoms with Crippen molar-refractivity contribution in [1.82, 2.24) is 9.80 Å². The van der Waals surface area contributed by atoms with Crippen molar-refractivity contribution in [2.24, 2.45) is 5.92 Å². The molecule has 1 aromatic rings. The molecule has 0 saturated carbocycles. The Balaban J connectivity index is 1.91. The van der Waals surface area contributed by atoms with E-state index >= 15 is 0 Å². The normalized spacial score (nSPS) is 16.2. The van der Waals surface area contributed by atoms with E-state index in [2.05, 4.69) is 0 Å². The van der Waals surface area contributed by atoms with E-state index in [0.717, 1.165) is 0 Å². The number of carbonyl (C=O) groups excluding carboxylic acids is 2. The number of nitrogens with zero attached hydrogens (tertiary/aromatic N) is 2. The van der Waals surface area contributed by atoms with Gasteiger partial charge in [0.2, 0.25) is 0 Å². The van der Waals surface area contributed by atoms with Crippen molar-refractivity contribution >= 4 is 35.0 Å². The van der Waals surface area contributed by atoms with Crippen molar-refractivity contribution in [2.45, 2.75) is 26.9 Å². The van der Waals surface area contributed by atoms with E-state index in [1.165, 1.54) is 0 Å². The second-order valence-corrected chi connectivity index (χ2v) is 7.37. The molecule has 1 aliphatic rings. The third kappa shape index (κ3) is 5.09. The van der Waals surface area contributed by atoms with Crippen molar-refractivity contribution in [1.29, 1.82) is 0 Å². The Morgan fingerprint density at radius 3 is 2.28 bits per heavy atom. The highest BCUT2D eigenvalue weighted by Crippen LogP contribution is 2.26. The first kappa shape index (κ1) is 20.0. The number of halogens is 2. The number of hydrogen-bond acceptors (Lipinski definition) is 3. The minimum absolute atomic E-state index is 0.0338. The van der Waals surface area contributed by atoms with Crippen LogP contribution in [-0.2, 0) is 9.53 Å². The van der Waals surface area contributed by atoms with Gasteiger partial charge in [-0.15, -0.1) is 0 Å². The molecule has 1 aliphatic heterocycles. The zero-order chi connectivity index (χ0) is 18.6. The number of hydrogen-bond donors (Lipinski definition) is 0. The lowest BCUT2D eigenvalue weighted by Gasteiger charge is -2.36. The molecule has 0 aromatic heterocycles. The minimum Gasteiger partial charge on any atom is -0.368 e. The number of piperazine rings is 1. The zero-order valence-electron chi connectivity index (χ0n) is 14.8. The lowest BCUT2D eigenvalue weighted by molar-refractivity contribution is -0.144. The molecule has 1 aromatic carbocycles. The highest BCUT2D eigenvalue weighted by atomic mass is 35.5. The fourth-order valence-corrected chi connectivity index (χ4v) is 3.02. The SMILES string of the molecule is CC(C)CO[C@H](C)C(=O)N1CCN(C(=O)c2cccc(Cl)c2Cl)CC1. The minimum atomic E-state index is -0.466. The largest absolute Gasteiger partial charge is 0.368 e. The molecule has 1 atom stereocenters. The van der Waals surface area contributed by atoms with Crippen LogP contribution >= 0.6 is 23.2 Å². The van der Waals surface area contributed by atoms with Crippen LogP contribution in [0.5, 0.6) is 0 Å². The molecule has 25 heavy (non-hydrogen) atoms. The monoisotopic (exact) mass is 386 g/mol. The summed E-state index contributed by atoms with van der Waals surface area (Å²) < 4.78 is 5.59. The maximum atomic E-state index is 12.6. The Labute approximate surface area is 158 Å². The van der Waals surface area contributed by atoms with Crippen LogP contribution < -0.4 is 0 Å². The van der Waals surface area contributed by atoms with Crippen LogP contribution in [0.3, 0.4) is 0 Å². The quantitative estimate of drug-likeness (QED) is 0.779. The van der Waals surface area contributed by atoms with E-state index in [1.54, 1.807) is 34.9 Å². The molecule has 1 heterocycles. The average molecular weight is 387 g/mol. The van der Waals surface area contributed by atoms with Gasteiger partial charge < -0.3 is 14.5 Å². The molecule has 2 rings (SSSR count). The molecule has 0 bridgehead atoms. The first-order chi connectivity index (χ1) is 11.8. The molecule has 2 amide bonds. The van der Waals surface area contributed by atoms with Gasteiger partial charge in [0, 0.05) is 32.8 Å². The van der Waals surface area contributed by atoms with Gasteiger partial charge in [-0.25, -0.2) is 0 Å². The molecule has 0 aliphatic carbocycles. The van der Waals surface area contributed by atoms with Crippen molar-refractivity contribution in [2.75, 3.05) is 32.8 Å². The molecule has 7 heteroatoms. The van der Waals surface area contributed by atoms with Gasteiger partial charge in [0.25, 0.3) is 11.8 Å². The van der Waals surface area contributed by atoms with Crippen LogP contribution in [0, 0.1) is 5.92 Å². The fraction of sp³-hybridized carbons (Fsp3) is 0.556. The van der Waals surface area contributed by atoms with E-state index in [0.29, 0.717) is 49.3 Å². The van der Waals surface area contributed by atoms with E-state index in [4.69, 9.17) is 27.9 Å². The van der Waals surface area contributed by atoms with Gasteiger partial charge >= 0.3 is 0 Å². The van der Waals surface area contributed by atoms with Crippen molar-refractivity contribution < 1.29 is 14.3 Å². The fourth-order valence-electron chi connectivity index (χ4n) is 2.63. The number of benzene rings is 1. The maximum Gasteiger partial charge on any atom is 0.255 e. The summed E-state index contributed by atoms with van der Waals surface area (Å²) in [7, 11) is 0. The predicted molar refractivity (Wildman–Crippen MR) is 99.2 cm³/mol. The number of carbonyl (C=O) groups is 2. The summed E-state index contributed by atoms with van der Waals surface area (Å²) in [4.78, 5) is 28.5. The summed E-state index contributed by atoms with van der Waals surface area (Å²) in [5, 5.41) is 0.626. The van der Waals surface area contributed by atoms with Crippen LogP contribution in [0.1, 0.15) is 31.1 Å². The number of rotatable bonds is 5. The standard InChI is InChI=1S/C18H24Cl2N2O3/c1-12(2)11-25-13(3)17(23)21-7-9-22(10-8-21)18(24)14-5-4-6-15(19)16(14)20/h4-6,12-13H,7-11H2,1-3H3/t13-/m1/s1. The molecule has 1 saturated heterocycles. The highest BCUT2D eigenvalue weighted by molar-refractivity contribution is 6.43. The molecular weight excluding hydrogens is 363 g/mol. The Morgan fingerprint density at radius 2 is 1.68 bits per heavy atom. The van der Waals surface area contributed by atoms with Crippen LogP contribution in [0.25, 0.3) is 0 Å². The predicted octanol–water partition coefficient (Wildman–Crippen LogP) is 3.34. The molecule has 0 spiro atoms. The van der Waals surface area contributed by atoms with Crippen LogP contribution in [0.4, 0.5) is 0 Å². The average Bonchev–Trinajstić information content (AvgIpc) is 2.61. The molecule has 138 valence electrons. The first-order valence-electron chi connectivity index (χ1n) is 8.45. The highest BCUT2D eigenvalue weighted by Gasteiger charge is 2.28. The summed E-state index contributed by atoms with van der Waals surface area (Å²) in [6.07, 6.45) is -0.466. The number of amides is 2. The molecule has 0 unspecified atom stereocenters. The first-order valence-corrected chi connectivity index (χ1v) is 9.20. The summed E-state index contributed by atoms with van der Waals surface area (Å²) >= 11 is 12.1. The van der Waals surface area contributed by atoms with Gasteiger partial charge in [0.1, 0.15) is 6.10 Å². The summed E-state index contributed by atoms with van der Waals surface area (Å²) in [5.41, 5.74) is 0.391. The molecule has 0 radical (unpaired) electrons. The Bertz CT molecular complexity index is 629. The summed E-state index contributed by atoms with van der Waals surface area (Å²) in [6.45, 7) is 8.31. The summed E-state index contributed by atoms with van der Waals surface area (Å²) in [5.74, 6) is 0.185. The van der Waals surface area contributed by atoms with E-state index in [1.807, 2.05) is 13.8 Å². The second kappa shape index (κ2) is 8.88. The van der Waals surface area contributed by atoms with Gasteiger partial charge in [-0.05, 0) is 25.0 Å². The Hall–Kier alpha value is -1.30. The van der Waals surface area contributed by atoms with Crippen molar-refractivity contribution in [3.8, 4) is 0 Å². The lowest BCUT2D eigenvalue weighted by atomic mass is 10.1. The van der Waals surface area contributed by atoms with Gasteiger partial charge in [-0.1, -0.05) is 43.1 Å². The van der Waals surface area contributed by atoms with Gasteiger partial charge in [0.05, 0.1) is 15.6 Å². The Kier molecular flexibility index (Phi) is 7.11. The van der Waals surface area contributed by atoms with Crippen LogP contribution in [-0.4, -0.2) is 60.5 Å². The van der Waals surface area contributed by atoms with E-state index in [-0.39, 0.29) is 16.8 Å². The molecule has 0 N–H and O–H groups in total. The van der Waals surface area contributed by atoms with E-state index < -0.39 is 6.10 Å². The van der Waals surface area contributed by atoms with Crippen LogP contribution in [0.2, 0.25) is 10.0 Å². The zero-order valence-corrected chi connectivity index (χ0v) is 16.3. The molecule has 1 fully saturated rings. The smallest absolute Gasteiger partial charge is 0.255 e. The summed E-state index contributed by atoms with van der Waals surface area (Å²) in [6, 6.07) is 5.01. The third-order valence-electron chi connectivity index (χ3n) is 4.09. The molecular formula is C18H24Cl2N2O3. The topological polar surface area (TPSA) is 49.9 Å². The van der Waals surface area contributed by atoms with Crippen molar-refractivity contribution in [3.63, 3.8) is 0 Å². The van der Waals surface area contributed by atoms with Gasteiger partial charge in [-0.3, -0.25) is 9.59 Å². The van der Waals surface area contributed by atoms with Gasteiger partial charge in [-0.2, -0.15) is 0 Å². The van der Waals surface area contributed by atoms with E-state index in [9.17, 15) is 9.59 Å². The van der Waals surface area contributed by atoms with Gasteiger partial charge in [0.15, 0.2) is 0 Å². The van der Waals surface area contributed by atoms with Crippen molar-refractivity contribution in [3.05, 3.63) is 33.8 Å². The molecule has 5 nitrogen and oxygen atoms in total. The lowest BCUT2D eigenvalue weighted by Crippen LogP contribution is -2.53. The third-order valence-corrected chi connectivity index (χ3v) is 4.91.